The summed E-state index contributed by atoms with van der Waals surface area (Å²) >= 11 is 0. The number of halogens is 1. The topological polar surface area (TPSA) is 89.9 Å². The van der Waals surface area contributed by atoms with Crippen molar-refractivity contribution in [2.75, 3.05) is 18.0 Å². The minimum absolute atomic E-state index is 0.152. The van der Waals surface area contributed by atoms with Crippen molar-refractivity contribution in [1.82, 2.24) is 10.2 Å². The van der Waals surface area contributed by atoms with E-state index in [0.717, 1.165) is 25.7 Å². The van der Waals surface area contributed by atoms with Crippen molar-refractivity contribution in [1.29, 1.82) is 0 Å². The van der Waals surface area contributed by atoms with Gasteiger partial charge in [0.1, 0.15) is 11.9 Å². The number of aliphatic carboxylic acids is 1. The Balaban J connectivity index is 1.68. The maximum absolute atomic E-state index is 14.5. The summed E-state index contributed by atoms with van der Waals surface area (Å²) in [6.07, 6.45) is 4.03. The van der Waals surface area contributed by atoms with Gasteiger partial charge in [-0.3, -0.25) is 9.69 Å². The van der Waals surface area contributed by atoms with Crippen LogP contribution in [0.5, 0.6) is 0 Å². The number of benzene rings is 1. The summed E-state index contributed by atoms with van der Waals surface area (Å²) in [6, 6.07) is 2.60. The number of carbonyl (C=O) groups is 3. The fourth-order valence-electron chi connectivity index (χ4n) is 4.67. The Kier molecular flexibility index (Phi) is 4.49. The second-order valence-electron chi connectivity index (χ2n) is 7.46. The van der Waals surface area contributed by atoms with E-state index in [9.17, 15) is 23.9 Å². The largest absolute Gasteiger partial charge is 0.480 e. The first-order valence-corrected chi connectivity index (χ1v) is 9.37. The molecular weight excluding hydrogens is 353 g/mol. The van der Waals surface area contributed by atoms with Gasteiger partial charge < -0.3 is 15.3 Å². The highest BCUT2D eigenvalue weighted by Gasteiger charge is 2.48. The van der Waals surface area contributed by atoms with Gasteiger partial charge in [0.25, 0.3) is 5.91 Å². The average molecular weight is 375 g/mol. The van der Waals surface area contributed by atoms with Crippen LogP contribution < -0.4 is 10.2 Å². The number of nitrogens with one attached hydrogen (secondary N) is 1. The predicted molar refractivity (Wildman–Crippen MR) is 95.1 cm³/mol. The third-order valence-electron chi connectivity index (χ3n) is 5.96. The summed E-state index contributed by atoms with van der Waals surface area (Å²) in [5.74, 6) is -2.20. The van der Waals surface area contributed by atoms with Gasteiger partial charge in [0, 0.05) is 24.8 Å². The molecule has 7 nitrogen and oxygen atoms in total. The van der Waals surface area contributed by atoms with Gasteiger partial charge >= 0.3 is 12.0 Å². The molecule has 2 saturated heterocycles. The Bertz CT molecular complexity index is 799. The summed E-state index contributed by atoms with van der Waals surface area (Å²) in [4.78, 5) is 39.6. The van der Waals surface area contributed by atoms with Crippen LogP contribution in [-0.2, 0) is 4.79 Å². The Morgan fingerprint density at radius 1 is 1.22 bits per heavy atom. The number of carbonyl (C=O) groups excluding carboxylic acids is 2. The van der Waals surface area contributed by atoms with Gasteiger partial charge in [0.2, 0.25) is 0 Å². The quantitative estimate of drug-likeness (QED) is 0.848. The molecule has 1 aliphatic carbocycles. The highest BCUT2D eigenvalue weighted by atomic mass is 19.1. The SMILES string of the molecule is O=C(O)C1CC2CCCCC2N1C(=O)c1cc(N2CCNC2=O)ccc1F. The number of urea groups is 1. The summed E-state index contributed by atoms with van der Waals surface area (Å²) < 4.78 is 14.5. The van der Waals surface area contributed by atoms with Gasteiger partial charge in [0.05, 0.1) is 5.56 Å². The van der Waals surface area contributed by atoms with E-state index in [1.807, 2.05) is 0 Å². The van der Waals surface area contributed by atoms with Gasteiger partial charge in [-0.2, -0.15) is 0 Å². The summed E-state index contributed by atoms with van der Waals surface area (Å²) in [7, 11) is 0. The van der Waals surface area contributed by atoms with Crippen molar-refractivity contribution < 1.29 is 23.9 Å². The van der Waals surface area contributed by atoms with E-state index in [1.54, 1.807) is 0 Å². The van der Waals surface area contributed by atoms with E-state index >= 15 is 0 Å². The van der Waals surface area contributed by atoms with Gasteiger partial charge in [0.15, 0.2) is 0 Å². The van der Waals surface area contributed by atoms with Crippen LogP contribution in [-0.4, -0.2) is 53.1 Å². The standard InChI is InChI=1S/C19H22FN3O4/c20-14-6-5-12(22-8-7-21-19(22)27)10-13(14)17(24)23-15-4-2-1-3-11(15)9-16(23)18(25)26/h5-6,10-11,15-16H,1-4,7-9H2,(H,21,27)(H,25,26). The molecule has 3 unspecified atom stereocenters. The summed E-state index contributed by atoms with van der Waals surface area (Å²) in [6.45, 7) is 0.917. The van der Waals surface area contributed by atoms with Gasteiger partial charge in [-0.1, -0.05) is 12.8 Å². The molecule has 2 aliphatic heterocycles. The van der Waals surface area contributed by atoms with Crippen LogP contribution in [0.3, 0.4) is 0 Å². The van der Waals surface area contributed by atoms with Crippen LogP contribution >= 0.6 is 0 Å². The molecule has 3 atom stereocenters. The third-order valence-corrected chi connectivity index (χ3v) is 5.96. The molecule has 1 aromatic rings. The van der Waals surface area contributed by atoms with Crippen molar-refractivity contribution in [3.63, 3.8) is 0 Å². The van der Waals surface area contributed by atoms with Crippen LogP contribution in [0.2, 0.25) is 0 Å². The molecule has 144 valence electrons. The number of hydrogen-bond donors (Lipinski definition) is 2. The number of likely N-dealkylation sites (tertiary alicyclic amines) is 1. The molecule has 3 amide bonds. The highest BCUT2D eigenvalue weighted by molar-refractivity contribution is 6.00. The van der Waals surface area contributed by atoms with E-state index in [0.29, 0.717) is 25.2 Å². The first-order valence-electron chi connectivity index (χ1n) is 9.37. The number of carboxylic acids is 1. The molecule has 0 aromatic heterocycles. The first kappa shape index (κ1) is 17.8. The van der Waals surface area contributed by atoms with Crippen LogP contribution in [0.4, 0.5) is 14.9 Å². The zero-order valence-electron chi connectivity index (χ0n) is 14.9. The van der Waals surface area contributed by atoms with E-state index in [4.69, 9.17) is 0 Å². The van der Waals surface area contributed by atoms with Gasteiger partial charge in [-0.25, -0.2) is 14.0 Å². The molecule has 2 heterocycles. The normalized spacial score (nSPS) is 27.4. The van der Waals surface area contributed by atoms with Crippen LogP contribution in [0.1, 0.15) is 42.5 Å². The molecule has 27 heavy (non-hydrogen) atoms. The maximum Gasteiger partial charge on any atom is 0.326 e. The minimum atomic E-state index is -1.05. The van der Waals surface area contributed by atoms with Crippen molar-refractivity contribution >= 4 is 23.6 Å². The Labute approximate surface area is 156 Å². The van der Waals surface area contributed by atoms with Crippen molar-refractivity contribution in [3.8, 4) is 0 Å². The molecule has 8 heteroatoms. The number of fused-ring (bicyclic) bond motifs is 1. The number of carboxylic acid groups (broad SMARTS) is 1. The second kappa shape index (κ2) is 6.83. The number of hydrogen-bond acceptors (Lipinski definition) is 3. The summed E-state index contributed by atoms with van der Waals surface area (Å²) in [5.41, 5.74) is 0.255. The maximum atomic E-state index is 14.5. The summed E-state index contributed by atoms with van der Waals surface area (Å²) in [5, 5.41) is 12.3. The molecule has 0 radical (unpaired) electrons. The molecule has 0 spiro atoms. The van der Waals surface area contributed by atoms with Crippen LogP contribution in [0.25, 0.3) is 0 Å². The third kappa shape index (κ3) is 3.02. The molecule has 0 bridgehead atoms. The Morgan fingerprint density at radius 2 is 2.00 bits per heavy atom. The number of nitrogens with zero attached hydrogens (tertiary/aromatic N) is 2. The Morgan fingerprint density at radius 3 is 2.70 bits per heavy atom. The molecular formula is C19H22FN3O4. The van der Waals surface area contributed by atoms with Crippen molar-refractivity contribution in [2.45, 2.75) is 44.2 Å². The highest BCUT2D eigenvalue weighted by Crippen LogP contribution is 2.41. The van der Waals surface area contributed by atoms with Gasteiger partial charge in [-0.15, -0.1) is 0 Å². The molecule has 1 saturated carbocycles. The molecule has 1 aromatic carbocycles. The average Bonchev–Trinajstić information content (AvgIpc) is 3.25. The fourth-order valence-corrected chi connectivity index (χ4v) is 4.67. The second-order valence-corrected chi connectivity index (χ2v) is 7.46. The van der Waals surface area contributed by atoms with Crippen LogP contribution in [0, 0.1) is 11.7 Å². The monoisotopic (exact) mass is 375 g/mol. The molecule has 3 aliphatic rings. The lowest BCUT2D eigenvalue weighted by Crippen LogP contribution is -2.46. The lowest BCUT2D eigenvalue weighted by molar-refractivity contribution is -0.141. The fraction of sp³-hybridized carbons (Fsp3) is 0.526. The van der Waals surface area contributed by atoms with Crippen molar-refractivity contribution in [3.05, 3.63) is 29.6 Å². The number of anilines is 1. The molecule has 4 rings (SSSR count). The number of rotatable bonds is 3. The lowest BCUT2D eigenvalue weighted by Gasteiger charge is -2.33. The lowest BCUT2D eigenvalue weighted by atomic mass is 9.84. The smallest absolute Gasteiger partial charge is 0.326 e. The first-order chi connectivity index (χ1) is 13.0. The van der Waals surface area contributed by atoms with Crippen molar-refractivity contribution in [2.24, 2.45) is 5.92 Å². The zero-order valence-corrected chi connectivity index (χ0v) is 14.9. The van der Waals surface area contributed by atoms with E-state index in [-0.39, 0.29) is 23.6 Å². The predicted octanol–water partition coefficient (Wildman–Crippen LogP) is 2.21. The molecule has 3 fully saturated rings. The number of amides is 3. The van der Waals surface area contributed by atoms with Gasteiger partial charge in [-0.05, 0) is 43.4 Å². The van der Waals surface area contributed by atoms with E-state index in [1.165, 1.54) is 28.0 Å². The molecule has 2 N–H and O–H groups in total. The van der Waals surface area contributed by atoms with Crippen LogP contribution in [0.15, 0.2) is 18.2 Å². The zero-order chi connectivity index (χ0) is 19.1. The van der Waals surface area contributed by atoms with E-state index < -0.39 is 23.7 Å². The van der Waals surface area contributed by atoms with E-state index in [2.05, 4.69) is 5.32 Å². The minimum Gasteiger partial charge on any atom is -0.480 e. The Hall–Kier alpha value is -2.64.